The molecular weight excluding hydrogens is 1300 g/mol. The summed E-state index contributed by atoms with van der Waals surface area (Å²) < 4.78 is 24.9. The van der Waals surface area contributed by atoms with Gasteiger partial charge in [0.15, 0.2) is 22.8 Å². The molecule has 2 aliphatic rings. The second kappa shape index (κ2) is 29.3. The summed E-state index contributed by atoms with van der Waals surface area (Å²) in [5.41, 5.74) is 14.8. The highest BCUT2D eigenvalue weighted by atomic mass is 35.5. The number of aryl methyl sites for hydroxylation is 4. The summed E-state index contributed by atoms with van der Waals surface area (Å²) in [6, 6.07) is 62.9. The van der Waals surface area contributed by atoms with Gasteiger partial charge in [0.25, 0.3) is 0 Å². The lowest BCUT2D eigenvalue weighted by atomic mass is 10.0. The monoisotopic (exact) mass is 1370 g/mol. The minimum atomic E-state index is -0.377. The Labute approximate surface area is 586 Å². The highest BCUT2D eigenvalue weighted by Crippen LogP contribution is 2.43. The van der Waals surface area contributed by atoms with Crippen molar-refractivity contribution in [3.8, 4) is 78.9 Å². The zero-order valence-corrected chi connectivity index (χ0v) is 57.5. The van der Waals surface area contributed by atoms with E-state index in [1.165, 1.54) is 25.7 Å². The molecule has 10 heterocycles. The zero-order valence-electron chi connectivity index (χ0n) is 55.2. The van der Waals surface area contributed by atoms with E-state index < -0.39 is 0 Å². The molecule has 1 aliphatic carbocycles. The Balaban J connectivity index is 0.000000114. The van der Waals surface area contributed by atoms with Crippen LogP contribution in [0.1, 0.15) is 37.3 Å². The van der Waals surface area contributed by atoms with Crippen molar-refractivity contribution in [1.29, 1.82) is 0 Å². The van der Waals surface area contributed by atoms with Gasteiger partial charge in [0.1, 0.15) is 34.2 Å². The minimum absolute atomic E-state index is 0.252. The number of hydrogen-bond acceptors (Lipinski definition) is 14. The van der Waals surface area contributed by atoms with Crippen LogP contribution in [0.3, 0.4) is 0 Å². The second-order valence-electron chi connectivity index (χ2n) is 24.6. The summed E-state index contributed by atoms with van der Waals surface area (Å²) in [5, 5.41) is 58.0. The van der Waals surface area contributed by atoms with Crippen molar-refractivity contribution in [3.63, 3.8) is 0 Å². The van der Waals surface area contributed by atoms with E-state index in [1.54, 1.807) is 18.7 Å². The van der Waals surface area contributed by atoms with Crippen LogP contribution in [0.15, 0.2) is 200 Å². The lowest BCUT2D eigenvalue weighted by molar-refractivity contribution is 0.149. The van der Waals surface area contributed by atoms with E-state index in [2.05, 4.69) is 67.8 Å². The molecule has 17 rings (SSSR count). The first-order valence-electron chi connectivity index (χ1n) is 32.8. The predicted octanol–water partition coefficient (Wildman–Crippen LogP) is 15.9. The van der Waals surface area contributed by atoms with E-state index in [0.717, 1.165) is 111 Å². The molecule has 1 aliphatic heterocycles. The van der Waals surface area contributed by atoms with Gasteiger partial charge in [-0.15, -0.1) is 40.8 Å². The Morgan fingerprint density at radius 1 is 0.384 bits per heavy atom. The lowest BCUT2D eigenvalue weighted by Gasteiger charge is -2.32. The summed E-state index contributed by atoms with van der Waals surface area (Å²) in [6.45, 7) is 5.66. The summed E-state index contributed by atoms with van der Waals surface area (Å²) in [7, 11) is 9.74. The van der Waals surface area contributed by atoms with Crippen molar-refractivity contribution in [3.05, 3.63) is 227 Å². The maximum Gasteiger partial charge on any atom is 0.205 e. The molecule has 2 fully saturated rings. The molecule has 23 heteroatoms. The van der Waals surface area contributed by atoms with Gasteiger partial charge in [0, 0.05) is 106 Å². The van der Waals surface area contributed by atoms with Crippen LogP contribution in [-0.4, -0.2) is 134 Å². The quantitative estimate of drug-likeness (QED) is 0.119. The van der Waals surface area contributed by atoms with Crippen molar-refractivity contribution < 1.29 is 4.39 Å². The molecule has 99 heavy (non-hydrogen) atoms. The normalized spacial score (nSPS) is 13.5. The van der Waals surface area contributed by atoms with Crippen LogP contribution in [0, 0.1) is 5.82 Å². The number of aromatic nitrogens is 17. The van der Waals surface area contributed by atoms with Crippen LogP contribution in [-0.2, 0) is 34.7 Å². The highest BCUT2D eigenvalue weighted by Gasteiger charge is 2.29. The maximum absolute atomic E-state index is 15.8. The standard InChI is InChI=1S/C23H26FN7.2C18H13ClN4.C17H17ClN4/c1-28-11-13-30(14-12-28)15-16-31-23-19(22(27-31)18-9-6-10-29(18)2)20(24)21(25-26-23)17-7-4-3-5-8-17;1-23-17(13-10-6-3-7-11-13)14-15(19)16(20-21-18(14)22-23)12-8-4-2-5-9-12;1-23-18-14(16(22-23)12-8-4-2-5-9-12)15(19)17(20-21-18)13-10-6-3-7-11-13;1-22-17-13(15(21-22)11-9-5-6-10-11)14(18)16(19-20-17)12-7-3-2-4-8-12/h3-10H,11-16H2,1-2H3;2*2-11H,1H3;2-4,7-8,11H,5-6,9-10H2,1H3. The number of rotatable bonds is 11. The third-order valence-electron chi connectivity index (χ3n) is 18.1. The zero-order chi connectivity index (χ0) is 68.1. The van der Waals surface area contributed by atoms with Crippen molar-refractivity contribution in [2.45, 2.75) is 38.1 Å². The average Bonchev–Trinajstić information content (AvgIpc) is 1.65. The molecule has 15 aromatic rings. The fourth-order valence-electron chi connectivity index (χ4n) is 13.0. The topological polar surface area (TPSA) is 186 Å². The molecule has 6 aromatic carbocycles. The van der Waals surface area contributed by atoms with Crippen LogP contribution in [0.4, 0.5) is 4.39 Å². The Hall–Kier alpha value is -10.5. The van der Waals surface area contributed by atoms with E-state index in [1.807, 2.05) is 233 Å². The van der Waals surface area contributed by atoms with E-state index in [0.29, 0.717) is 72.5 Å². The van der Waals surface area contributed by atoms with Gasteiger partial charge in [-0.3, -0.25) is 9.58 Å². The lowest BCUT2D eigenvalue weighted by Crippen LogP contribution is -2.45. The molecule has 19 nitrogen and oxygen atoms in total. The van der Waals surface area contributed by atoms with E-state index in [-0.39, 0.29) is 11.5 Å². The first kappa shape index (κ1) is 65.8. The Morgan fingerprint density at radius 3 is 1.35 bits per heavy atom. The van der Waals surface area contributed by atoms with Gasteiger partial charge in [-0.1, -0.05) is 230 Å². The number of halogens is 4. The van der Waals surface area contributed by atoms with Crippen LogP contribution in [0.5, 0.6) is 0 Å². The molecule has 0 N–H and O–H groups in total. The van der Waals surface area contributed by atoms with Gasteiger partial charge in [-0.2, -0.15) is 20.4 Å². The Morgan fingerprint density at radius 2 is 0.828 bits per heavy atom. The first-order chi connectivity index (χ1) is 48.4. The molecule has 0 bridgehead atoms. The van der Waals surface area contributed by atoms with Crippen molar-refractivity contribution in [2.75, 3.05) is 39.8 Å². The SMILES string of the molecule is CN1CCN(CCn2nc(-c3cccn3C)c3c(F)c(-c4ccccc4)nnc32)CC1.Cn1nc(-c2ccccc2)c2c(Cl)c(-c3ccccc3)nnc21.Cn1nc(C2CCCC2)c2c(Cl)c(-c3ccccc3)nnc21.Cn1nc2nnc(-c3ccccc3)c(Cl)c2c1-c1ccccc1. The van der Waals surface area contributed by atoms with Gasteiger partial charge in [-0.25, -0.2) is 18.4 Å². The van der Waals surface area contributed by atoms with Gasteiger partial charge < -0.3 is 9.47 Å². The second-order valence-corrected chi connectivity index (χ2v) is 25.7. The molecule has 0 amide bonds. The molecule has 0 radical (unpaired) electrons. The predicted molar refractivity (Wildman–Crippen MR) is 391 cm³/mol. The Bertz CT molecular complexity index is 5230. The average molecular weight is 1370 g/mol. The van der Waals surface area contributed by atoms with Crippen LogP contribution >= 0.6 is 34.8 Å². The number of fused-ring (bicyclic) bond motifs is 4. The van der Waals surface area contributed by atoms with Crippen LogP contribution in [0.2, 0.25) is 15.1 Å². The number of benzene rings is 6. The first-order valence-corrected chi connectivity index (χ1v) is 34.0. The van der Waals surface area contributed by atoms with Gasteiger partial charge in [0.05, 0.1) is 60.2 Å². The van der Waals surface area contributed by atoms with E-state index in [9.17, 15) is 0 Å². The highest BCUT2D eigenvalue weighted by molar-refractivity contribution is 6.39. The van der Waals surface area contributed by atoms with E-state index in [4.69, 9.17) is 45.0 Å². The van der Waals surface area contributed by atoms with Gasteiger partial charge in [-0.05, 0) is 32.0 Å². The van der Waals surface area contributed by atoms with Crippen LogP contribution in [0.25, 0.3) is 123 Å². The largest absolute Gasteiger partial charge is 0.349 e. The minimum Gasteiger partial charge on any atom is -0.349 e. The summed E-state index contributed by atoms with van der Waals surface area (Å²) in [6.07, 6.45) is 6.85. The fraction of sp³-hybridized carbons (Fsp3) is 0.211. The molecule has 0 unspecified atom stereocenters. The molecule has 1 saturated carbocycles. The number of hydrogen-bond donors (Lipinski definition) is 0. The van der Waals surface area contributed by atoms with Gasteiger partial charge >= 0.3 is 0 Å². The summed E-state index contributed by atoms with van der Waals surface area (Å²) in [5.74, 6) is 0.118. The van der Waals surface area contributed by atoms with Crippen molar-refractivity contribution in [1.82, 2.24) is 94.3 Å². The number of nitrogens with zero attached hydrogens (tertiary/aromatic N) is 19. The van der Waals surface area contributed by atoms with Crippen LogP contribution < -0.4 is 0 Å². The maximum atomic E-state index is 15.8. The fourth-order valence-corrected chi connectivity index (χ4v) is 13.9. The van der Waals surface area contributed by atoms with Gasteiger partial charge in [0.2, 0.25) is 5.65 Å². The molecule has 496 valence electrons. The smallest absolute Gasteiger partial charge is 0.205 e. The molecule has 1 saturated heterocycles. The summed E-state index contributed by atoms with van der Waals surface area (Å²) in [4.78, 5) is 4.75. The molecule has 0 atom stereocenters. The molecular formula is C76H69Cl3FN19. The number of piperazine rings is 1. The third kappa shape index (κ3) is 13.5. The van der Waals surface area contributed by atoms with E-state index >= 15 is 4.39 Å². The Kier molecular flexibility index (Phi) is 19.5. The van der Waals surface area contributed by atoms with Crippen molar-refractivity contribution >= 4 is 78.9 Å². The molecule has 0 spiro atoms. The van der Waals surface area contributed by atoms with Crippen molar-refractivity contribution in [2.24, 2.45) is 28.2 Å². The number of likely N-dealkylation sites (N-methyl/N-ethyl adjacent to an activating group) is 1. The third-order valence-corrected chi connectivity index (χ3v) is 19.2. The summed E-state index contributed by atoms with van der Waals surface area (Å²) >= 11 is 20.1. The molecule has 9 aromatic heterocycles.